The van der Waals surface area contributed by atoms with Gasteiger partial charge in [-0.1, -0.05) is 43.6 Å². The molecule has 1 N–H and O–H groups in total. The molecule has 2 rings (SSSR count). The first kappa shape index (κ1) is 15.8. The summed E-state index contributed by atoms with van der Waals surface area (Å²) in [5.74, 6) is 0.382. The maximum atomic E-state index is 12.8. The van der Waals surface area contributed by atoms with E-state index in [1.807, 2.05) is 18.2 Å². The second-order valence-corrected chi connectivity index (χ2v) is 5.62. The number of ether oxygens (including phenoxy) is 1. The van der Waals surface area contributed by atoms with Crippen LogP contribution in [0.1, 0.15) is 25.0 Å². The topological polar surface area (TPSA) is 21.3 Å². The van der Waals surface area contributed by atoms with Crippen molar-refractivity contribution in [2.45, 2.75) is 33.0 Å². The van der Waals surface area contributed by atoms with Crippen LogP contribution in [0.25, 0.3) is 0 Å². The number of rotatable bonds is 6. The van der Waals surface area contributed by atoms with E-state index in [0.29, 0.717) is 23.4 Å². The van der Waals surface area contributed by atoms with E-state index in [0.717, 1.165) is 17.7 Å². The maximum absolute atomic E-state index is 12.8. The monoisotopic (exact) mass is 307 g/mol. The van der Waals surface area contributed by atoms with Crippen molar-refractivity contribution >= 4 is 11.6 Å². The highest BCUT2D eigenvalue weighted by atomic mass is 35.5. The second-order valence-electron chi connectivity index (χ2n) is 5.22. The summed E-state index contributed by atoms with van der Waals surface area (Å²) in [6, 6.07) is 12.4. The van der Waals surface area contributed by atoms with Crippen LogP contribution in [0.4, 0.5) is 4.39 Å². The molecule has 2 nitrogen and oxygen atoms in total. The lowest BCUT2D eigenvalue weighted by Crippen LogP contribution is -2.21. The van der Waals surface area contributed by atoms with Crippen LogP contribution in [0.5, 0.6) is 5.75 Å². The zero-order valence-electron chi connectivity index (χ0n) is 12.2. The Labute approximate surface area is 129 Å². The normalized spacial score (nSPS) is 10.9. The van der Waals surface area contributed by atoms with Crippen molar-refractivity contribution in [2.75, 3.05) is 0 Å². The summed E-state index contributed by atoms with van der Waals surface area (Å²) in [7, 11) is 0. The molecule has 0 saturated heterocycles. The van der Waals surface area contributed by atoms with Crippen LogP contribution in [0.2, 0.25) is 5.02 Å². The molecule has 0 bridgehead atoms. The summed E-state index contributed by atoms with van der Waals surface area (Å²) in [5, 5.41) is 3.92. The molecule has 0 radical (unpaired) electrons. The molecular weight excluding hydrogens is 289 g/mol. The molecule has 0 atom stereocenters. The molecule has 0 aliphatic carbocycles. The highest BCUT2D eigenvalue weighted by Crippen LogP contribution is 2.26. The minimum absolute atomic E-state index is 0.251. The SMILES string of the molecule is CC(C)NCc1ccc(OCc2ccc(F)cc2)c(Cl)c1. The van der Waals surface area contributed by atoms with Crippen molar-refractivity contribution in [1.29, 1.82) is 0 Å². The summed E-state index contributed by atoms with van der Waals surface area (Å²) in [4.78, 5) is 0. The summed E-state index contributed by atoms with van der Waals surface area (Å²) in [6.45, 7) is 5.34. The number of nitrogens with one attached hydrogen (secondary N) is 1. The van der Waals surface area contributed by atoms with Crippen molar-refractivity contribution in [2.24, 2.45) is 0 Å². The lowest BCUT2D eigenvalue weighted by molar-refractivity contribution is 0.306. The van der Waals surface area contributed by atoms with Gasteiger partial charge in [-0.2, -0.15) is 0 Å². The minimum atomic E-state index is -0.251. The Balaban J connectivity index is 1.95. The van der Waals surface area contributed by atoms with Gasteiger partial charge >= 0.3 is 0 Å². The van der Waals surface area contributed by atoms with Crippen LogP contribution in [0, 0.1) is 5.82 Å². The summed E-state index contributed by atoms with van der Waals surface area (Å²) >= 11 is 6.22. The Morgan fingerprint density at radius 3 is 2.38 bits per heavy atom. The van der Waals surface area contributed by atoms with Gasteiger partial charge in [0.15, 0.2) is 0 Å². The van der Waals surface area contributed by atoms with Gasteiger partial charge in [0.1, 0.15) is 18.2 Å². The lowest BCUT2D eigenvalue weighted by atomic mass is 10.2. The Hall–Kier alpha value is -1.58. The van der Waals surface area contributed by atoms with Gasteiger partial charge in [-0.05, 0) is 35.4 Å². The van der Waals surface area contributed by atoms with Crippen molar-refractivity contribution in [1.82, 2.24) is 5.32 Å². The number of hydrogen-bond acceptors (Lipinski definition) is 2. The molecule has 0 unspecified atom stereocenters. The highest BCUT2D eigenvalue weighted by Gasteiger charge is 2.04. The fraction of sp³-hybridized carbons (Fsp3) is 0.294. The zero-order valence-corrected chi connectivity index (χ0v) is 13.0. The molecule has 0 fully saturated rings. The van der Waals surface area contributed by atoms with E-state index in [4.69, 9.17) is 16.3 Å². The largest absolute Gasteiger partial charge is 0.487 e. The van der Waals surface area contributed by atoms with Gasteiger partial charge in [0, 0.05) is 12.6 Å². The molecule has 0 spiro atoms. The van der Waals surface area contributed by atoms with E-state index < -0.39 is 0 Å². The van der Waals surface area contributed by atoms with Crippen LogP contribution >= 0.6 is 11.6 Å². The third-order valence-electron chi connectivity index (χ3n) is 3.02. The standard InChI is InChI=1S/C17H19ClFNO/c1-12(2)20-10-14-5-8-17(16(18)9-14)21-11-13-3-6-15(19)7-4-13/h3-9,12,20H,10-11H2,1-2H3. The highest BCUT2D eigenvalue weighted by molar-refractivity contribution is 6.32. The van der Waals surface area contributed by atoms with E-state index in [1.165, 1.54) is 12.1 Å². The fourth-order valence-corrected chi connectivity index (χ4v) is 2.09. The Morgan fingerprint density at radius 1 is 1.10 bits per heavy atom. The van der Waals surface area contributed by atoms with E-state index >= 15 is 0 Å². The summed E-state index contributed by atoms with van der Waals surface area (Å²) in [5.41, 5.74) is 2.01. The average molecular weight is 308 g/mol. The second kappa shape index (κ2) is 7.43. The quantitative estimate of drug-likeness (QED) is 0.845. The van der Waals surface area contributed by atoms with Crippen LogP contribution in [0.3, 0.4) is 0 Å². The van der Waals surface area contributed by atoms with E-state index in [2.05, 4.69) is 19.2 Å². The predicted octanol–water partition coefficient (Wildman–Crippen LogP) is 4.56. The van der Waals surface area contributed by atoms with Gasteiger partial charge in [0.05, 0.1) is 5.02 Å². The molecule has 2 aromatic rings. The molecule has 0 saturated carbocycles. The maximum Gasteiger partial charge on any atom is 0.138 e. The third kappa shape index (κ3) is 5.03. The van der Waals surface area contributed by atoms with Crippen molar-refractivity contribution in [3.8, 4) is 5.75 Å². The summed E-state index contributed by atoms with van der Waals surface area (Å²) < 4.78 is 18.5. The van der Waals surface area contributed by atoms with Crippen molar-refractivity contribution in [3.05, 3.63) is 64.4 Å². The van der Waals surface area contributed by atoms with Crippen LogP contribution < -0.4 is 10.1 Å². The van der Waals surface area contributed by atoms with Gasteiger partial charge in [0.2, 0.25) is 0 Å². The number of hydrogen-bond donors (Lipinski definition) is 1. The van der Waals surface area contributed by atoms with E-state index in [1.54, 1.807) is 12.1 Å². The molecule has 21 heavy (non-hydrogen) atoms. The number of benzene rings is 2. The molecule has 2 aromatic carbocycles. The van der Waals surface area contributed by atoms with Gasteiger partial charge in [0.25, 0.3) is 0 Å². The lowest BCUT2D eigenvalue weighted by Gasteiger charge is -2.11. The van der Waals surface area contributed by atoms with Crippen molar-refractivity contribution in [3.63, 3.8) is 0 Å². The van der Waals surface area contributed by atoms with Gasteiger partial charge in [-0.3, -0.25) is 0 Å². The fourth-order valence-electron chi connectivity index (χ4n) is 1.84. The average Bonchev–Trinajstić information content (AvgIpc) is 2.46. The Bertz CT molecular complexity index is 584. The first-order valence-electron chi connectivity index (χ1n) is 6.93. The summed E-state index contributed by atoms with van der Waals surface area (Å²) in [6.07, 6.45) is 0. The third-order valence-corrected chi connectivity index (χ3v) is 3.31. The molecule has 0 aromatic heterocycles. The number of halogens is 2. The van der Waals surface area contributed by atoms with Gasteiger partial charge in [-0.25, -0.2) is 4.39 Å². The van der Waals surface area contributed by atoms with Gasteiger partial charge in [-0.15, -0.1) is 0 Å². The van der Waals surface area contributed by atoms with Crippen molar-refractivity contribution < 1.29 is 9.13 Å². The molecule has 0 amide bonds. The molecule has 0 aliphatic rings. The first-order valence-corrected chi connectivity index (χ1v) is 7.31. The molecule has 4 heteroatoms. The van der Waals surface area contributed by atoms with Crippen LogP contribution in [0.15, 0.2) is 42.5 Å². The van der Waals surface area contributed by atoms with Gasteiger partial charge < -0.3 is 10.1 Å². The van der Waals surface area contributed by atoms with Crippen LogP contribution in [-0.4, -0.2) is 6.04 Å². The minimum Gasteiger partial charge on any atom is -0.487 e. The molecule has 0 aliphatic heterocycles. The Morgan fingerprint density at radius 2 is 1.76 bits per heavy atom. The molecule has 112 valence electrons. The van der Waals surface area contributed by atoms with E-state index in [9.17, 15) is 4.39 Å². The smallest absolute Gasteiger partial charge is 0.138 e. The predicted molar refractivity (Wildman–Crippen MR) is 84.2 cm³/mol. The van der Waals surface area contributed by atoms with E-state index in [-0.39, 0.29) is 5.82 Å². The Kier molecular flexibility index (Phi) is 5.59. The first-order chi connectivity index (χ1) is 10.0. The molecule has 0 heterocycles. The molecular formula is C17H19ClFNO. The van der Waals surface area contributed by atoms with Crippen LogP contribution in [-0.2, 0) is 13.2 Å². The zero-order chi connectivity index (χ0) is 15.2.